The Hall–Kier alpha value is -3.51. The summed E-state index contributed by atoms with van der Waals surface area (Å²) < 4.78 is 1.65. The molecule has 2 aromatic heterocycles. The average Bonchev–Trinajstić information content (AvgIpc) is 3.23. The second-order valence-corrected chi connectivity index (χ2v) is 9.55. The number of thioether (sulfide) groups is 1. The van der Waals surface area contributed by atoms with Crippen molar-refractivity contribution in [2.45, 2.75) is 36.6 Å². The van der Waals surface area contributed by atoms with E-state index < -0.39 is 0 Å². The van der Waals surface area contributed by atoms with Crippen LogP contribution in [0, 0.1) is 6.92 Å². The quantitative estimate of drug-likeness (QED) is 0.324. The zero-order valence-electron chi connectivity index (χ0n) is 18.2. The van der Waals surface area contributed by atoms with Crippen LogP contribution in [0.3, 0.4) is 0 Å². The Morgan fingerprint density at radius 3 is 2.76 bits per heavy atom. The summed E-state index contributed by atoms with van der Waals surface area (Å²) in [5.74, 6) is 1.60. The summed E-state index contributed by atoms with van der Waals surface area (Å²) in [4.78, 5) is 22.3. The predicted molar refractivity (Wildman–Crippen MR) is 131 cm³/mol. The van der Waals surface area contributed by atoms with Crippen LogP contribution < -0.4 is 0 Å². The summed E-state index contributed by atoms with van der Waals surface area (Å²) in [6.45, 7) is 2.08. The van der Waals surface area contributed by atoms with E-state index in [1.807, 2.05) is 0 Å². The van der Waals surface area contributed by atoms with Gasteiger partial charge in [-0.15, -0.1) is 5.10 Å². The first kappa shape index (κ1) is 20.1. The van der Waals surface area contributed by atoms with Crippen molar-refractivity contribution >= 4 is 34.1 Å². The zero-order valence-corrected chi connectivity index (χ0v) is 19.0. The fourth-order valence-corrected chi connectivity index (χ4v) is 5.47. The predicted octanol–water partition coefficient (Wildman–Crippen LogP) is 5.79. The van der Waals surface area contributed by atoms with E-state index in [0.717, 1.165) is 17.9 Å². The fraction of sp³-hybridized carbons (Fsp3) is 0.185. The standard InChI is InChI=1S/C27H22N4OS/c1-17-6-4-9-19(12-17)21-13-24-23(25(32)14-21)15-31-26(28-24)29-27(30-31)33-16-20-10-5-8-18-7-2-3-11-22(18)20/h2-12,15,21H,13-14,16H2,1H3/t21-/m0/s1. The summed E-state index contributed by atoms with van der Waals surface area (Å²) >= 11 is 1.59. The van der Waals surface area contributed by atoms with Gasteiger partial charge in [-0.25, -0.2) is 9.50 Å². The summed E-state index contributed by atoms with van der Waals surface area (Å²) in [5.41, 5.74) is 5.15. The molecule has 0 saturated heterocycles. The number of ketones is 1. The van der Waals surface area contributed by atoms with Crippen molar-refractivity contribution in [1.29, 1.82) is 0 Å². The normalized spacial score (nSPS) is 15.8. The van der Waals surface area contributed by atoms with Crippen molar-refractivity contribution in [1.82, 2.24) is 19.6 Å². The lowest BCUT2D eigenvalue weighted by Crippen LogP contribution is -2.21. The van der Waals surface area contributed by atoms with E-state index in [1.54, 1.807) is 22.5 Å². The van der Waals surface area contributed by atoms with Crippen LogP contribution in [0.4, 0.5) is 0 Å². The lowest BCUT2D eigenvalue weighted by Gasteiger charge is -2.23. The van der Waals surface area contributed by atoms with E-state index in [1.165, 1.54) is 27.5 Å². The van der Waals surface area contributed by atoms with Gasteiger partial charge in [0.15, 0.2) is 5.78 Å². The molecule has 0 spiro atoms. The molecule has 33 heavy (non-hydrogen) atoms. The number of carbonyl (C=O) groups is 1. The molecule has 2 heterocycles. The third kappa shape index (κ3) is 3.80. The fourth-order valence-electron chi connectivity index (χ4n) is 4.65. The molecule has 0 radical (unpaired) electrons. The van der Waals surface area contributed by atoms with Gasteiger partial charge in [0.2, 0.25) is 5.16 Å². The van der Waals surface area contributed by atoms with Crippen molar-refractivity contribution < 1.29 is 4.79 Å². The number of hydrogen-bond acceptors (Lipinski definition) is 5. The summed E-state index contributed by atoms with van der Waals surface area (Å²) in [7, 11) is 0. The molecule has 0 fully saturated rings. The molecular weight excluding hydrogens is 428 g/mol. The van der Waals surface area contributed by atoms with Gasteiger partial charge >= 0.3 is 0 Å². The molecule has 5 aromatic rings. The van der Waals surface area contributed by atoms with Crippen LogP contribution in [0.5, 0.6) is 0 Å². The van der Waals surface area contributed by atoms with Gasteiger partial charge in [0.25, 0.3) is 5.78 Å². The highest BCUT2D eigenvalue weighted by atomic mass is 32.2. The first-order valence-electron chi connectivity index (χ1n) is 11.1. The molecular formula is C27H22N4OS. The Labute approximate surface area is 195 Å². The van der Waals surface area contributed by atoms with E-state index in [0.29, 0.717) is 22.9 Å². The largest absolute Gasteiger partial charge is 0.294 e. The maximum Gasteiger partial charge on any atom is 0.253 e. The third-order valence-corrected chi connectivity index (χ3v) is 7.20. The zero-order chi connectivity index (χ0) is 22.4. The Kier molecular flexibility index (Phi) is 4.95. The maximum atomic E-state index is 12.9. The minimum Gasteiger partial charge on any atom is -0.294 e. The Bertz CT molecular complexity index is 1520. The molecule has 5 nitrogen and oxygen atoms in total. The molecule has 1 aliphatic carbocycles. The number of benzene rings is 3. The van der Waals surface area contributed by atoms with Gasteiger partial charge < -0.3 is 0 Å². The number of fused-ring (bicyclic) bond motifs is 3. The van der Waals surface area contributed by atoms with Crippen molar-refractivity contribution in [3.63, 3.8) is 0 Å². The van der Waals surface area contributed by atoms with E-state index in [9.17, 15) is 4.79 Å². The molecule has 0 unspecified atom stereocenters. The molecule has 0 N–H and O–H groups in total. The van der Waals surface area contributed by atoms with Gasteiger partial charge in [0.05, 0.1) is 11.3 Å². The molecule has 1 aliphatic rings. The van der Waals surface area contributed by atoms with Gasteiger partial charge in [-0.3, -0.25) is 4.79 Å². The van der Waals surface area contributed by atoms with E-state index in [2.05, 4.69) is 83.7 Å². The van der Waals surface area contributed by atoms with Crippen LogP contribution >= 0.6 is 11.8 Å². The maximum absolute atomic E-state index is 12.9. The Balaban J connectivity index is 1.28. The van der Waals surface area contributed by atoms with Gasteiger partial charge in [-0.2, -0.15) is 4.98 Å². The molecule has 6 heteroatoms. The van der Waals surface area contributed by atoms with Crippen LogP contribution in [0.1, 0.15) is 45.1 Å². The summed E-state index contributed by atoms with van der Waals surface area (Å²) in [6, 6.07) is 23.2. The molecule has 1 atom stereocenters. The lowest BCUT2D eigenvalue weighted by molar-refractivity contribution is 0.0962. The number of Topliss-reactive ketones (excluding diaryl/α,β-unsaturated/α-hetero) is 1. The molecule has 3 aromatic carbocycles. The molecule has 6 rings (SSSR count). The number of rotatable bonds is 4. The smallest absolute Gasteiger partial charge is 0.253 e. The Morgan fingerprint density at radius 1 is 1.00 bits per heavy atom. The summed E-state index contributed by atoms with van der Waals surface area (Å²) in [6.07, 6.45) is 3.05. The van der Waals surface area contributed by atoms with E-state index >= 15 is 0 Å². The highest BCUT2D eigenvalue weighted by Gasteiger charge is 2.28. The van der Waals surface area contributed by atoms with Crippen LogP contribution in [0.15, 0.2) is 78.1 Å². The van der Waals surface area contributed by atoms with E-state index in [4.69, 9.17) is 4.98 Å². The number of nitrogens with zero attached hydrogens (tertiary/aromatic N) is 4. The summed E-state index contributed by atoms with van der Waals surface area (Å²) in [5, 5.41) is 7.74. The third-order valence-electron chi connectivity index (χ3n) is 6.31. The monoisotopic (exact) mass is 450 g/mol. The average molecular weight is 451 g/mol. The first-order chi connectivity index (χ1) is 16.1. The van der Waals surface area contributed by atoms with Gasteiger partial charge in [-0.05, 0) is 41.2 Å². The minimum absolute atomic E-state index is 0.123. The van der Waals surface area contributed by atoms with Crippen LogP contribution in [0.2, 0.25) is 0 Å². The lowest BCUT2D eigenvalue weighted by atomic mass is 9.82. The Morgan fingerprint density at radius 2 is 1.85 bits per heavy atom. The minimum atomic E-state index is 0.123. The van der Waals surface area contributed by atoms with Crippen LogP contribution in [-0.4, -0.2) is 25.4 Å². The van der Waals surface area contributed by atoms with Crippen molar-refractivity contribution in [2.24, 2.45) is 0 Å². The number of hydrogen-bond donors (Lipinski definition) is 0. The second-order valence-electron chi connectivity index (χ2n) is 8.61. The SMILES string of the molecule is Cc1cccc([C@@H]2CC(=O)c3cn4nc(SCc5cccc6ccccc56)nc4nc3C2)c1. The van der Waals surface area contributed by atoms with E-state index in [-0.39, 0.29) is 11.7 Å². The number of aromatic nitrogens is 4. The van der Waals surface area contributed by atoms with Gasteiger partial charge in [0, 0.05) is 18.4 Å². The number of carbonyl (C=O) groups excluding carboxylic acids is 1. The molecule has 0 saturated carbocycles. The molecule has 0 aliphatic heterocycles. The first-order valence-corrected chi connectivity index (χ1v) is 12.1. The van der Waals surface area contributed by atoms with Crippen LogP contribution in [0.25, 0.3) is 16.6 Å². The molecule has 0 bridgehead atoms. The highest BCUT2D eigenvalue weighted by Crippen LogP contribution is 2.33. The highest BCUT2D eigenvalue weighted by molar-refractivity contribution is 7.98. The van der Waals surface area contributed by atoms with Crippen LogP contribution in [-0.2, 0) is 12.2 Å². The van der Waals surface area contributed by atoms with Gasteiger partial charge in [0.1, 0.15) is 0 Å². The van der Waals surface area contributed by atoms with Crippen molar-refractivity contribution in [3.05, 3.63) is 101 Å². The van der Waals surface area contributed by atoms with Crippen molar-refractivity contribution in [2.75, 3.05) is 0 Å². The number of aryl methyl sites for hydroxylation is 1. The van der Waals surface area contributed by atoms with Gasteiger partial charge in [-0.1, -0.05) is 84.1 Å². The molecule has 0 amide bonds. The van der Waals surface area contributed by atoms with Crippen molar-refractivity contribution in [3.8, 4) is 0 Å². The topological polar surface area (TPSA) is 60.2 Å². The molecule has 162 valence electrons. The second kappa shape index (κ2) is 8.12.